The Morgan fingerprint density at radius 2 is 1.76 bits per heavy atom. The van der Waals surface area contributed by atoms with Crippen LogP contribution in [0.1, 0.15) is 35.7 Å². The predicted octanol–water partition coefficient (Wildman–Crippen LogP) is 2.94. The highest BCUT2D eigenvalue weighted by Gasteiger charge is 2.07. The molecule has 0 aliphatic heterocycles. The monoisotopic (exact) mass is 339 g/mol. The van der Waals surface area contributed by atoms with Crippen molar-refractivity contribution < 1.29 is 9.59 Å². The standard InChI is InChI=1S/C20H25N3O2/c1-2-3-12-21-19(24)15-22-18-11-7-10-17(13-18)20(25)23-14-16-8-5-4-6-9-16/h4-11,13,22H,2-3,12,14-15H2,1H3,(H,21,24)(H,23,25). The summed E-state index contributed by atoms with van der Waals surface area (Å²) in [5.41, 5.74) is 2.36. The lowest BCUT2D eigenvalue weighted by Crippen LogP contribution is -2.30. The van der Waals surface area contributed by atoms with Crippen molar-refractivity contribution in [1.29, 1.82) is 0 Å². The van der Waals surface area contributed by atoms with Gasteiger partial charge in [0.15, 0.2) is 0 Å². The summed E-state index contributed by atoms with van der Waals surface area (Å²) in [7, 11) is 0. The Hall–Kier alpha value is -2.82. The maximum absolute atomic E-state index is 12.3. The zero-order chi connectivity index (χ0) is 17.9. The number of benzene rings is 2. The highest BCUT2D eigenvalue weighted by molar-refractivity contribution is 5.95. The molecule has 0 unspecified atom stereocenters. The lowest BCUT2D eigenvalue weighted by molar-refractivity contribution is -0.119. The van der Waals surface area contributed by atoms with Gasteiger partial charge in [0.1, 0.15) is 0 Å². The van der Waals surface area contributed by atoms with E-state index in [1.165, 1.54) is 0 Å². The van der Waals surface area contributed by atoms with Crippen LogP contribution in [0.25, 0.3) is 0 Å². The Labute approximate surface area is 148 Å². The summed E-state index contributed by atoms with van der Waals surface area (Å²) in [4.78, 5) is 24.0. The first-order valence-electron chi connectivity index (χ1n) is 8.62. The van der Waals surface area contributed by atoms with Crippen LogP contribution < -0.4 is 16.0 Å². The number of carbonyl (C=O) groups is 2. The molecule has 3 N–H and O–H groups in total. The molecule has 0 aliphatic rings. The zero-order valence-corrected chi connectivity index (χ0v) is 14.5. The fraction of sp³-hybridized carbons (Fsp3) is 0.300. The van der Waals surface area contributed by atoms with Gasteiger partial charge in [-0.2, -0.15) is 0 Å². The van der Waals surface area contributed by atoms with E-state index in [0.29, 0.717) is 18.7 Å². The van der Waals surface area contributed by atoms with Crippen LogP contribution in [-0.2, 0) is 11.3 Å². The molecule has 0 bridgehead atoms. The number of anilines is 1. The molecule has 0 spiro atoms. The van der Waals surface area contributed by atoms with Gasteiger partial charge in [0.2, 0.25) is 5.91 Å². The van der Waals surface area contributed by atoms with Crippen molar-refractivity contribution in [2.24, 2.45) is 0 Å². The second kappa shape index (κ2) is 10.1. The average molecular weight is 339 g/mol. The zero-order valence-electron chi connectivity index (χ0n) is 14.5. The van der Waals surface area contributed by atoms with Crippen LogP contribution in [0.3, 0.4) is 0 Å². The molecule has 2 amide bonds. The van der Waals surface area contributed by atoms with Gasteiger partial charge in [-0.05, 0) is 30.2 Å². The van der Waals surface area contributed by atoms with Crippen LogP contribution in [0.2, 0.25) is 0 Å². The molecule has 0 saturated carbocycles. The fourth-order valence-corrected chi connectivity index (χ4v) is 2.30. The Morgan fingerprint density at radius 3 is 2.52 bits per heavy atom. The summed E-state index contributed by atoms with van der Waals surface area (Å²) in [6, 6.07) is 16.9. The molecule has 0 radical (unpaired) electrons. The third-order valence-corrected chi connectivity index (χ3v) is 3.73. The molecule has 2 aromatic carbocycles. The first kappa shape index (κ1) is 18.5. The quantitative estimate of drug-likeness (QED) is 0.615. The SMILES string of the molecule is CCCCNC(=O)CNc1cccc(C(=O)NCc2ccccc2)c1. The summed E-state index contributed by atoms with van der Waals surface area (Å²) in [6.45, 7) is 3.45. The third kappa shape index (κ3) is 6.67. The molecular formula is C20H25N3O2. The van der Waals surface area contributed by atoms with E-state index in [9.17, 15) is 9.59 Å². The minimum atomic E-state index is -0.139. The van der Waals surface area contributed by atoms with E-state index in [2.05, 4.69) is 22.9 Å². The number of hydrogen-bond donors (Lipinski definition) is 3. The second-order valence-corrected chi connectivity index (χ2v) is 5.81. The number of hydrogen-bond acceptors (Lipinski definition) is 3. The molecule has 0 heterocycles. The fourth-order valence-electron chi connectivity index (χ4n) is 2.30. The van der Waals surface area contributed by atoms with E-state index in [1.54, 1.807) is 18.2 Å². The Morgan fingerprint density at radius 1 is 0.960 bits per heavy atom. The van der Waals surface area contributed by atoms with E-state index in [0.717, 1.165) is 24.1 Å². The van der Waals surface area contributed by atoms with Crippen molar-refractivity contribution >= 4 is 17.5 Å². The van der Waals surface area contributed by atoms with E-state index in [-0.39, 0.29) is 18.4 Å². The topological polar surface area (TPSA) is 70.2 Å². The van der Waals surface area contributed by atoms with Gasteiger partial charge >= 0.3 is 0 Å². The molecule has 5 nitrogen and oxygen atoms in total. The first-order chi connectivity index (χ1) is 12.2. The summed E-state index contributed by atoms with van der Waals surface area (Å²) < 4.78 is 0. The molecule has 0 fully saturated rings. The number of nitrogens with one attached hydrogen (secondary N) is 3. The average Bonchev–Trinajstić information content (AvgIpc) is 2.66. The lowest BCUT2D eigenvalue weighted by Gasteiger charge is -2.09. The van der Waals surface area contributed by atoms with Gasteiger partial charge < -0.3 is 16.0 Å². The van der Waals surface area contributed by atoms with Gasteiger partial charge in [0.25, 0.3) is 5.91 Å². The van der Waals surface area contributed by atoms with E-state index >= 15 is 0 Å². The summed E-state index contributed by atoms with van der Waals surface area (Å²) in [6.07, 6.45) is 2.02. The van der Waals surface area contributed by atoms with Crippen molar-refractivity contribution in [3.63, 3.8) is 0 Å². The Bertz CT molecular complexity index is 686. The van der Waals surface area contributed by atoms with Crippen LogP contribution in [0.4, 0.5) is 5.69 Å². The minimum absolute atomic E-state index is 0.0487. The van der Waals surface area contributed by atoms with Gasteiger partial charge in [-0.3, -0.25) is 9.59 Å². The Balaban J connectivity index is 1.83. The van der Waals surface area contributed by atoms with Crippen LogP contribution in [-0.4, -0.2) is 24.9 Å². The van der Waals surface area contributed by atoms with Crippen molar-refractivity contribution in [3.05, 3.63) is 65.7 Å². The van der Waals surface area contributed by atoms with Gasteiger partial charge in [0.05, 0.1) is 6.54 Å². The molecule has 2 aromatic rings. The van der Waals surface area contributed by atoms with Crippen LogP contribution in [0.15, 0.2) is 54.6 Å². The number of amides is 2. The van der Waals surface area contributed by atoms with Crippen LogP contribution >= 0.6 is 0 Å². The van der Waals surface area contributed by atoms with Crippen molar-refractivity contribution in [2.75, 3.05) is 18.4 Å². The molecular weight excluding hydrogens is 314 g/mol. The minimum Gasteiger partial charge on any atom is -0.376 e. The number of unbranched alkanes of at least 4 members (excludes halogenated alkanes) is 1. The van der Waals surface area contributed by atoms with Gasteiger partial charge in [-0.15, -0.1) is 0 Å². The molecule has 0 aliphatic carbocycles. The Kier molecular flexibility index (Phi) is 7.50. The van der Waals surface area contributed by atoms with Crippen LogP contribution in [0.5, 0.6) is 0 Å². The van der Waals surface area contributed by atoms with Crippen molar-refractivity contribution in [3.8, 4) is 0 Å². The second-order valence-electron chi connectivity index (χ2n) is 5.81. The van der Waals surface area contributed by atoms with E-state index in [4.69, 9.17) is 0 Å². The third-order valence-electron chi connectivity index (χ3n) is 3.73. The largest absolute Gasteiger partial charge is 0.376 e. The molecule has 0 atom stereocenters. The number of carbonyl (C=O) groups excluding carboxylic acids is 2. The number of rotatable bonds is 9. The van der Waals surface area contributed by atoms with Crippen molar-refractivity contribution in [1.82, 2.24) is 10.6 Å². The summed E-state index contributed by atoms with van der Waals surface area (Å²) in [5, 5.41) is 8.79. The molecule has 0 saturated heterocycles. The highest BCUT2D eigenvalue weighted by atomic mass is 16.2. The van der Waals surface area contributed by atoms with Crippen molar-refractivity contribution in [2.45, 2.75) is 26.3 Å². The maximum Gasteiger partial charge on any atom is 0.251 e. The summed E-state index contributed by atoms with van der Waals surface area (Å²) >= 11 is 0. The normalized spacial score (nSPS) is 10.1. The smallest absolute Gasteiger partial charge is 0.251 e. The molecule has 5 heteroatoms. The molecule has 25 heavy (non-hydrogen) atoms. The summed E-state index contributed by atoms with van der Waals surface area (Å²) in [5.74, 6) is -0.188. The molecule has 0 aromatic heterocycles. The van der Waals surface area contributed by atoms with Gasteiger partial charge in [0, 0.05) is 24.3 Å². The van der Waals surface area contributed by atoms with E-state index in [1.807, 2.05) is 36.4 Å². The van der Waals surface area contributed by atoms with Gasteiger partial charge in [-0.1, -0.05) is 49.7 Å². The predicted molar refractivity (Wildman–Crippen MR) is 100 cm³/mol. The lowest BCUT2D eigenvalue weighted by atomic mass is 10.1. The first-order valence-corrected chi connectivity index (χ1v) is 8.62. The maximum atomic E-state index is 12.3. The van der Waals surface area contributed by atoms with E-state index < -0.39 is 0 Å². The highest BCUT2D eigenvalue weighted by Crippen LogP contribution is 2.10. The van der Waals surface area contributed by atoms with Gasteiger partial charge in [-0.25, -0.2) is 0 Å². The van der Waals surface area contributed by atoms with Crippen LogP contribution in [0, 0.1) is 0 Å². The molecule has 132 valence electrons. The molecule has 2 rings (SSSR count).